The molecule has 108 valence electrons. The number of hydrogen-bond acceptors (Lipinski definition) is 3. The molecule has 0 radical (unpaired) electrons. The second-order valence-electron chi connectivity index (χ2n) is 5.85. The monoisotopic (exact) mass is 281 g/mol. The van der Waals surface area contributed by atoms with E-state index in [0.717, 1.165) is 0 Å². The molecule has 0 N–H and O–H groups in total. The molecule has 3 nitrogen and oxygen atoms in total. The Morgan fingerprint density at radius 3 is 2.38 bits per heavy atom. The van der Waals surface area contributed by atoms with Crippen LogP contribution in [0.25, 0.3) is 0 Å². The van der Waals surface area contributed by atoms with Gasteiger partial charge in [0.15, 0.2) is 0 Å². The number of hydrogen-bond donors (Lipinski definition) is 0. The van der Waals surface area contributed by atoms with Crippen LogP contribution in [0.3, 0.4) is 0 Å². The van der Waals surface area contributed by atoms with Crippen molar-refractivity contribution in [2.45, 2.75) is 26.2 Å². The van der Waals surface area contributed by atoms with Crippen LogP contribution in [-0.2, 0) is 5.41 Å². The first-order chi connectivity index (χ1) is 9.94. The number of nitrogens with zero attached hydrogens (tertiary/aromatic N) is 1. The Labute approximate surface area is 125 Å². The molecule has 0 atom stereocenters. The first-order valence-corrected chi connectivity index (χ1v) is 6.80. The van der Waals surface area contributed by atoms with Gasteiger partial charge in [-0.3, -0.25) is 0 Å². The van der Waals surface area contributed by atoms with Crippen LogP contribution < -0.4 is 9.47 Å². The second kappa shape index (κ2) is 5.88. The molecular weight excluding hydrogens is 262 g/mol. The molecule has 0 aliphatic rings. The van der Waals surface area contributed by atoms with Gasteiger partial charge < -0.3 is 9.47 Å². The predicted octanol–water partition coefficient (Wildman–Crippen LogP) is 4.66. The third-order valence-corrected chi connectivity index (χ3v) is 3.24. The lowest BCUT2D eigenvalue weighted by atomic mass is 9.87. The van der Waals surface area contributed by atoms with Crippen molar-refractivity contribution in [3.8, 4) is 23.3 Å². The molecule has 0 amide bonds. The lowest BCUT2D eigenvalue weighted by Gasteiger charge is -2.20. The molecule has 0 bridgehead atoms. The molecule has 0 saturated carbocycles. The van der Waals surface area contributed by atoms with E-state index < -0.39 is 0 Å². The molecule has 2 aromatic rings. The zero-order valence-corrected chi connectivity index (χ0v) is 12.8. The Morgan fingerprint density at radius 1 is 1.00 bits per heavy atom. The summed E-state index contributed by atoms with van der Waals surface area (Å²) in [7, 11) is 1.59. The second-order valence-corrected chi connectivity index (χ2v) is 5.85. The number of ether oxygens (including phenoxy) is 2. The van der Waals surface area contributed by atoms with E-state index in [0.29, 0.717) is 22.8 Å². The summed E-state index contributed by atoms with van der Waals surface area (Å²) in [5, 5.41) is 9.17. The van der Waals surface area contributed by atoms with Crippen molar-refractivity contribution in [3.63, 3.8) is 0 Å². The van der Waals surface area contributed by atoms with Crippen LogP contribution in [0.1, 0.15) is 31.9 Å². The standard InChI is InChI=1S/C18H19NO2/c1-18(2,3)14-6-5-7-16(10-14)21-17-11-15(20-4)9-8-13(17)12-19/h5-11H,1-4H3. The molecule has 3 heteroatoms. The fourth-order valence-corrected chi connectivity index (χ4v) is 1.96. The molecule has 0 saturated heterocycles. The number of nitriles is 1. The highest BCUT2D eigenvalue weighted by Gasteiger charge is 2.14. The average Bonchev–Trinajstić information content (AvgIpc) is 2.46. The SMILES string of the molecule is COc1ccc(C#N)c(Oc2cccc(C(C)(C)C)c2)c1. The summed E-state index contributed by atoms with van der Waals surface area (Å²) in [6, 6.07) is 15.2. The third kappa shape index (κ3) is 3.55. The van der Waals surface area contributed by atoms with Gasteiger partial charge in [0.2, 0.25) is 0 Å². The van der Waals surface area contributed by atoms with Crippen LogP contribution in [-0.4, -0.2) is 7.11 Å². The zero-order valence-electron chi connectivity index (χ0n) is 12.8. The molecule has 0 spiro atoms. The van der Waals surface area contributed by atoms with Crippen LogP contribution in [0.5, 0.6) is 17.2 Å². The van der Waals surface area contributed by atoms with Gasteiger partial charge in [-0.15, -0.1) is 0 Å². The molecular formula is C18H19NO2. The number of rotatable bonds is 3. The zero-order chi connectivity index (χ0) is 15.5. The van der Waals surface area contributed by atoms with Crippen molar-refractivity contribution < 1.29 is 9.47 Å². The van der Waals surface area contributed by atoms with Crippen LogP contribution in [0.2, 0.25) is 0 Å². The van der Waals surface area contributed by atoms with E-state index in [2.05, 4.69) is 32.9 Å². The van der Waals surface area contributed by atoms with Gasteiger partial charge in [-0.05, 0) is 35.2 Å². The summed E-state index contributed by atoms with van der Waals surface area (Å²) in [5.74, 6) is 1.88. The minimum Gasteiger partial charge on any atom is -0.497 e. The van der Waals surface area contributed by atoms with Crippen LogP contribution >= 0.6 is 0 Å². The van der Waals surface area contributed by atoms with Gasteiger partial charge in [-0.2, -0.15) is 5.26 Å². The van der Waals surface area contributed by atoms with Crippen molar-refractivity contribution in [3.05, 3.63) is 53.6 Å². The van der Waals surface area contributed by atoms with Crippen LogP contribution in [0, 0.1) is 11.3 Å². The van der Waals surface area contributed by atoms with E-state index in [1.807, 2.05) is 18.2 Å². The van der Waals surface area contributed by atoms with Crippen molar-refractivity contribution in [1.29, 1.82) is 5.26 Å². The van der Waals surface area contributed by atoms with E-state index in [9.17, 15) is 5.26 Å². The maximum atomic E-state index is 9.17. The molecule has 2 rings (SSSR count). The van der Waals surface area contributed by atoms with E-state index in [1.54, 1.807) is 25.3 Å². The van der Waals surface area contributed by atoms with E-state index in [1.165, 1.54) is 5.56 Å². The maximum absolute atomic E-state index is 9.17. The molecule has 0 aliphatic heterocycles. The predicted molar refractivity (Wildman–Crippen MR) is 82.9 cm³/mol. The summed E-state index contributed by atoms with van der Waals surface area (Å²) < 4.78 is 11.1. The molecule has 0 aliphatic carbocycles. The van der Waals surface area contributed by atoms with Crippen molar-refractivity contribution in [2.75, 3.05) is 7.11 Å². The van der Waals surface area contributed by atoms with Gasteiger partial charge in [-0.1, -0.05) is 32.9 Å². The first-order valence-electron chi connectivity index (χ1n) is 6.80. The Kier molecular flexibility index (Phi) is 4.18. The maximum Gasteiger partial charge on any atom is 0.148 e. The molecule has 0 fully saturated rings. The topological polar surface area (TPSA) is 42.2 Å². The van der Waals surface area contributed by atoms with Crippen LogP contribution in [0.15, 0.2) is 42.5 Å². The summed E-state index contributed by atoms with van der Waals surface area (Å²) >= 11 is 0. The Balaban J connectivity index is 2.36. The Bertz CT molecular complexity index is 678. The molecule has 0 aromatic heterocycles. The average molecular weight is 281 g/mol. The van der Waals surface area contributed by atoms with Crippen molar-refractivity contribution in [1.82, 2.24) is 0 Å². The normalized spacial score (nSPS) is 10.8. The Hall–Kier alpha value is -2.47. The summed E-state index contributed by atoms with van der Waals surface area (Å²) in [4.78, 5) is 0. The minimum atomic E-state index is 0.0474. The van der Waals surface area contributed by atoms with Gasteiger partial charge in [0.1, 0.15) is 23.3 Å². The van der Waals surface area contributed by atoms with Crippen molar-refractivity contribution >= 4 is 0 Å². The van der Waals surface area contributed by atoms with E-state index in [4.69, 9.17) is 9.47 Å². The summed E-state index contributed by atoms with van der Waals surface area (Å²) in [6.45, 7) is 6.45. The van der Waals surface area contributed by atoms with E-state index >= 15 is 0 Å². The molecule has 0 heterocycles. The number of methoxy groups -OCH3 is 1. The molecule has 2 aromatic carbocycles. The smallest absolute Gasteiger partial charge is 0.148 e. The van der Waals surface area contributed by atoms with Gasteiger partial charge >= 0.3 is 0 Å². The van der Waals surface area contributed by atoms with Gasteiger partial charge in [-0.25, -0.2) is 0 Å². The fourth-order valence-electron chi connectivity index (χ4n) is 1.96. The summed E-state index contributed by atoms with van der Waals surface area (Å²) in [6.07, 6.45) is 0. The minimum absolute atomic E-state index is 0.0474. The van der Waals surface area contributed by atoms with Gasteiger partial charge in [0.05, 0.1) is 12.7 Å². The quantitative estimate of drug-likeness (QED) is 0.822. The highest BCUT2D eigenvalue weighted by Crippen LogP contribution is 2.31. The highest BCUT2D eigenvalue weighted by molar-refractivity contribution is 5.49. The number of benzene rings is 2. The van der Waals surface area contributed by atoms with E-state index in [-0.39, 0.29) is 5.41 Å². The third-order valence-electron chi connectivity index (χ3n) is 3.24. The largest absolute Gasteiger partial charge is 0.497 e. The van der Waals surface area contributed by atoms with Crippen molar-refractivity contribution in [2.24, 2.45) is 0 Å². The molecule has 21 heavy (non-hydrogen) atoms. The first kappa shape index (κ1) is 14.9. The lowest BCUT2D eigenvalue weighted by Crippen LogP contribution is -2.10. The lowest BCUT2D eigenvalue weighted by molar-refractivity contribution is 0.408. The molecule has 0 unspecified atom stereocenters. The van der Waals surface area contributed by atoms with Gasteiger partial charge in [0, 0.05) is 6.07 Å². The van der Waals surface area contributed by atoms with Gasteiger partial charge in [0.25, 0.3) is 0 Å². The summed E-state index contributed by atoms with van der Waals surface area (Å²) in [5.41, 5.74) is 1.71. The fraction of sp³-hybridized carbons (Fsp3) is 0.278. The highest BCUT2D eigenvalue weighted by atomic mass is 16.5. The van der Waals surface area contributed by atoms with Crippen LogP contribution in [0.4, 0.5) is 0 Å². The Morgan fingerprint density at radius 2 is 1.76 bits per heavy atom.